The second kappa shape index (κ2) is 9.45. The summed E-state index contributed by atoms with van der Waals surface area (Å²) >= 11 is 2.11. The number of hydrogen-bond acceptors (Lipinski definition) is 3. The smallest absolute Gasteiger partial charge is 0.193 e. The van der Waals surface area contributed by atoms with Crippen molar-refractivity contribution < 1.29 is 0 Å². The van der Waals surface area contributed by atoms with E-state index in [0.717, 1.165) is 36.8 Å². The van der Waals surface area contributed by atoms with Gasteiger partial charge in [-0.3, -0.25) is 4.99 Å². The van der Waals surface area contributed by atoms with Crippen LogP contribution in [0.1, 0.15) is 26.2 Å². The number of halogens is 1. The van der Waals surface area contributed by atoms with E-state index >= 15 is 0 Å². The van der Waals surface area contributed by atoms with Gasteiger partial charge in [0.05, 0.1) is 0 Å². The van der Waals surface area contributed by atoms with Crippen LogP contribution in [0.3, 0.4) is 0 Å². The number of thioether (sulfide) groups is 1. The zero-order valence-electron chi connectivity index (χ0n) is 13.8. The van der Waals surface area contributed by atoms with Crippen LogP contribution in [0, 0.1) is 5.92 Å². The van der Waals surface area contributed by atoms with Crippen molar-refractivity contribution in [2.75, 3.05) is 46.5 Å². The lowest BCUT2D eigenvalue weighted by molar-refractivity contribution is 0.261. The third-order valence-electron chi connectivity index (χ3n) is 4.40. The molecule has 0 aromatic rings. The van der Waals surface area contributed by atoms with Crippen LogP contribution >= 0.6 is 35.7 Å². The molecule has 0 aromatic carbocycles. The Morgan fingerprint density at radius 2 is 2.14 bits per heavy atom. The molecule has 0 spiro atoms. The van der Waals surface area contributed by atoms with Crippen molar-refractivity contribution in [2.24, 2.45) is 10.9 Å². The van der Waals surface area contributed by atoms with E-state index in [1.807, 2.05) is 7.05 Å². The monoisotopic (exact) mass is 426 g/mol. The molecule has 0 bridgehead atoms. The normalized spacial score (nSPS) is 24.7. The summed E-state index contributed by atoms with van der Waals surface area (Å²) in [4.78, 5) is 9.29. The number of aliphatic imine (C=N–C) groups is 1. The molecule has 2 atom stereocenters. The average molecular weight is 426 g/mol. The van der Waals surface area contributed by atoms with Crippen LogP contribution in [-0.2, 0) is 0 Å². The van der Waals surface area contributed by atoms with Gasteiger partial charge in [-0.25, -0.2) is 0 Å². The third kappa shape index (κ3) is 5.78. The Kier molecular flexibility index (Phi) is 8.71. The van der Waals surface area contributed by atoms with Gasteiger partial charge in [0.25, 0.3) is 0 Å². The molecule has 0 amide bonds. The Labute approximate surface area is 151 Å². The van der Waals surface area contributed by atoms with Gasteiger partial charge in [-0.15, -0.1) is 24.0 Å². The zero-order chi connectivity index (χ0) is 14.5. The predicted octanol–water partition coefficient (Wildman–Crippen LogP) is 2.35. The van der Waals surface area contributed by atoms with Crippen molar-refractivity contribution in [3.05, 3.63) is 0 Å². The zero-order valence-corrected chi connectivity index (χ0v) is 17.0. The van der Waals surface area contributed by atoms with Gasteiger partial charge in [-0.05, 0) is 39.3 Å². The number of hydrogen-bond donors (Lipinski definition) is 1. The quantitative estimate of drug-likeness (QED) is 0.416. The maximum atomic E-state index is 4.50. The first kappa shape index (κ1) is 19.4. The Hall–Kier alpha value is 0.310. The van der Waals surface area contributed by atoms with E-state index in [-0.39, 0.29) is 24.0 Å². The van der Waals surface area contributed by atoms with Gasteiger partial charge in [0.1, 0.15) is 0 Å². The second-order valence-corrected chi connectivity index (χ2v) is 7.55. The largest absolute Gasteiger partial charge is 0.355 e. The first-order valence-electron chi connectivity index (χ1n) is 7.89. The van der Waals surface area contributed by atoms with Crippen LogP contribution in [0.5, 0.6) is 0 Å². The van der Waals surface area contributed by atoms with Crippen molar-refractivity contribution in [3.63, 3.8) is 0 Å². The Bertz CT molecular complexity index is 332. The average Bonchev–Trinajstić information content (AvgIpc) is 3.28. The van der Waals surface area contributed by atoms with Crippen LogP contribution in [0.2, 0.25) is 0 Å². The fraction of sp³-hybridized carbons (Fsp3) is 0.933. The molecule has 0 radical (unpaired) electrons. The fourth-order valence-corrected chi connectivity index (χ4v) is 4.12. The Morgan fingerprint density at radius 3 is 2.67 bits per heavy atom. The van der Waals surface area contributed by atoms with Crippen LogP contribution in [0.4, 0.5) is 0 Å². The molecule has 2 aliphatic rings. The van der Waals surface area contributed by atoms with E-state index in [1.165, 1.54) is 25.0 Å². The highest BCUT2D eigenvalue weighted by Crippen LogP contribution is 2.34. The van der Waals surface area contributed by atoms with Gasteiger partial charge in [0.2, 0.25) is 0 Å². The lowest BCUT2D eigenvalue weighted by Gasteiger charge is -2.35. The number of nitrogens with one attached hydrogen (secondary N) is 1. The highest BCUT2D eigenvalue weighted by molar-refractivity contribution is 14.0. The number of rotatable bonds is 5. The molecule has 1 saturated heterocycles. The van der Waals surface area contributed by atoms with Crippen molar-refractivity contribution in [3.8, 4) is 0 Å². The molecule has 1 heterocycles. The molecule has 2 fully saturated rings. The van der Waals surface area contributed by atoms with Gasteiger partial charge >= 0.3 is 0 Å². The van der Waals surface area contributed by atoms with E-state index in [4.69, 9.17) is 0 Å². The molecule has 0 aromatic heterocycles. The molecular formula is C15H31IN4S. The van der Waals surface area contributed by atoms with Gasteiger partial charge < -0.3 is 15.1 Å². The first-order valence-corrected chi connectivity index (χ1v) is 8.94. The minimum absolute atomic E-state index is 0. The molecule has 1 saturated carbocycles. The summed E-state index contributed by atoms with van der Waals surface area (Å²) in [5, 5.41) is 4.37. The summed E-state index contributed by atoms with van der Waals surface area (Å²) < 4.78 is 0. The lowest BCUT2D eigenvalue weighted by Crippen LogP contribution is -2.51. The maximum Gasteiger partial charge on any atom is 0.193 e. The maximum absolute atomic E-state index is 4.50. The van der Waals surface area contributed by atoms with E-state index in [1.54, 1.807) is 0 Å². The van der Waals surface area contributed by atoms with E-state index in [2.05, 4.69) is 52.9 Å². The van der Waals surface area contributed by atoms with Gasteiger partial charge in [-0.2, -0.15) is 11.8 Å². The molecule has 1 N–H and O–H groups in total. The summed E-state index contributed by atoms with van der Waals surface area (Å²) in [6.45, 7) is 5.56. The van der Waals surface area contributed by atoms with E-state index < -0.39 is 0 Å². The summed E-state index contributed by atoms with van der Waals surface area (Å²) in [7, 11) is 6.29. The third-order valence-corrected chi connectivity index (χ3v) is 5.78. The Morgan fingerprint density at radius 1 is 1.43 bits per heavy atom. The summed E-state index contributed by atoms with van der Waals surface area (Å²) in [6.07, 6.45) is 4.03. The number of likely N-dealkylation sites (N-methyl/N-ethyl adjacent to an activating group) is 1. The van der Waals surface area contributed by atoms with E-state index in [0.29, 0.717) is 6.04 Å². The Balaban J connectivity index is 0.00000220. The van der Waals surface area contributed by atoms with Gasteiger partial charge in [0.15, 0.2) is 5.96 Å². The highest BCUT2D eigenvalue weighted by atomic mass is 127. The second-order valence-electron chi connectivity index (χ2n) is 6.14. The molecule has 21 heavy (non-hydrogen) atoms. The number of guanidine groups is 1. The molecular weight excluding hydrogens is 395 g/mol. The molecule has 4 nitrogen and oxygen atoms in total. The first-order chi connectivity index (χ1) is 9.65. The predicted molar refractivity (Wildman–Crippen MR) is 105 cm³/mol. The molecule has 1 aliphatic carbocycles. The lowest BCUT2D eigenvalue weighted by atomic mass is 10.1. The minimum atomic E-state index is 0. The summed E-state index contributed by atoms with van der Waals surface area (Å²) in [5.74, 6) is 3.20. The van der Waals surface area contributed by atoms with Crippen molar-refractivity contribution in [1.29, 1.82) is 0 Å². The molecule has 1 aliphatic heterocycles. The molecule has 6 heteroatoms. The SMILES string of the molecule is CCC1CN(C(=NC)NCC(C2CC2)N(C)C)CCS1.I. The molecule has 2 rings (SSSR count). The topological polar surface area (TPSA) is 30.9 Å². The van der Waals surface area contributed by atoms with Crippen LogP contribution in [-0.4, -0.2) is 73.6 Å². The van der Waals surface area contributed by atoms with Crippen molar-refractivity contribution in [1.82, 2.24) is 15.1 Å². The fourth-order valence-electron chi connectivity index (χ4n) is 2.94. The van der Waals surface area contributed by atoms with Crippen molar-refractivity contribution >= 4 is 41.7 Å². The standard InChI is InChI=1S/C15H30N4S.HI/c1-5-13-11-19(8-9-20-13)15(16-2)17-10-14(18(3)4)12-6-7-12;/h12-14H,5-11H2,1-4H3,(H,16,17);1H. The van der Waals surface area contributed by atoms with Crippen molar-refractivity contribution in [2.45, 2.75) is 37.5 Å². The van der Waals surface area contributed by atoms with Crippen LogP contribution < -0.4 is 5.32 Å². The van der Waals surface area contributed by atoms with Crippen LogP contribution in [0.25, 0.3) is 0 Å². The summed E-state index contributed by atoms with van der Waals surface area (Å²) in [5.41, 5.74) is 0. The minimum Gasteiger partial charge on any atom is -0.355 e. The van der Waals surface area contributed by atoms with Gasteiger partial charge in [0, 0.05) is 43.7 Å². The van der Waals surface area contributed by atoms with E-state index in [9.17, 15) is 0 Å². The molecule has 2 unspecified atom stereocenters. The highest BCUT2D eigenvalue weighted by Gasteiger charge is 2.33. The van der Waals surface area contributed by atoms with Gasteiger partial charge in [-0.1, -0.05) is 6.92 Å². The van der Waals surface area contributed by atoms with Crippen LogP contribution in [0.15, 0.2) is 4.99 Å². The molecule has 124 valence electrons. The number of nitrogens with zero attached hydrogens (tertiary/aromatic N) is 3. The summed E-state index contributed by atoms with van der Waals surface area (Å²) in [6, 6.07) is 0.646.